The number of hydrogen-bond acceptors (Lipinski definition) is 4. The standard InChI is InChI=1S/C17H17F3N2O3S/c18-14-8-12(6-7-16(14)25-17(19)20)26(23,24)22-9-13(15(21)10-22)11-4-2-1-3-5-11/h1-8,13,15,17H,9-10,21H2/t13-,15+/m0/s1. The minimum atomic E-state index is -4.01. The molecule has 0 bridgehead atoms. The monoisotopic (exact) mass is 386 g/mol. The molecule has 0 amide bonds. The molecule has 5 nitrogen and oxygen atoms in total. The number of alkyl halides is 2. The molecule has 9 heteroatoms. The van der Waals surface area contributed by atoms with E-state index in [1.165, 1.54) is 4.31 Å². The number of sulfonamides is 1. The summed E-state index contributed by atoms with van der Waals surface area (Å²) in [6.07, 6.45) is 0. The number of rotatable bonds is 5. The fraction of sp³-hybridized carbons (Fsp3) is 0.294. The van der Waals surface area contributed by atoms with Crippen LogP contribution in [0.1, 0.15) is 11.5 Å². The van der Waals surface area contributed by atoms with Crippen LogP contribution in [0.5, 0.6) is 5.75 Å². The van der Waals surface area contributed by atoms with E-state index in [2.05, 4.69) is 4.74 Å². The van der Waals surface area contributed by atoms with E-state index >= 15 is 0 Å². The van der Waals surface area contributed by atoms with Crippen molar-refractivity contribution in [3.8, 4) is 5.75 Å². The molecule has 140 valence electrons. The summed E-state index contributed by atoms with van der Waals surface area (Å²) in [4.78, 5) is -0.336. The van der Waals surface area contributed by atoms with E-state index in [9.17, 15) is 21.6 Å². The van der Waals surface area contributed by atoms with E-state index in [-0.39, 0.29) is 23.9 Å². The average Bonchev–Trinajstić information content (AvgIpc) is 2.99. The molecule has 0 aliphatic carbocycles. The van der Waals surface area contributed by atoms with Gasteiger partial charge in [-0.15, -0.1) is 0 Å². The SMILES string of the molecule is N[C@@H]1CN(S(=O)(=O)c2ccc(OC(F)F)c(F)c2)C[C@H]1c1ccccc1. The molecule has 0 saturated carbocycles. The smallest absolute Gasteiger partial charge is 0.387 e. The molecule has 26 heavy (non-hydrogen) atoms. The molecule has 0 radical (unpaired) electrons. The number of nitrogens with zero attached hydrogens (tertiary/aromatic N) is 1. The second kappa shape index (κ2) is 7.26. The van der Waals surface area contributed by atoms with Crippen LogP contribution in [0.2, 0.25) is 0 Å². The molecule has 0 aromatic heterocycles. The summed E-state index contributed by atoms with van der Waals surface area (Å²) in [6, 6.07) is 11.5. The van der Waals surface area contributed by atoms with Gasteiger partial charge in [0.15, 0.2) is 11.6 Å². The van der Waals surface area contributed by atoms with E-state index in [1.54, 1.807) is 0 Å². The predicted molar refractivity (Wildman–Crippen MR) is 88.9 cm³/mol. The van der Waals surface area contributed by atoms with Gasteiger partial charge in [0, 0.05) is 25.0 Å². The van der Waals surface area contributed by atoms with Gasteiger partial charge in [0.05, 0.1) is 4.90 Å². The minimum absolute atomic E-state index is 0.0821. The van der Waals surface area contributed by atoms with Gasteiger partial charge in [-0.05, 0) is 23.8 Å². The molecule has 2 aromatic rings. The van der Waals surface area contributed by atoms with Crippen LogP contribution in [0.25, 0.3) is 0 Å². The largest absolute Gasteiger partial charge is 0.432 e. The summed E-state index contributed by atoms with van der Waals surface area (Å²) >= 11 is 0. The van der Waals surface area contributed by atoms with Crippen molar-refractivity contribution in [2.24, 2.45) is 5.73 Å². The van der Waals surface area contributed by atoms with Gasteiger partial charge in [0.1, 0.15) is 0 Å². The molecule has 1 aliphatic rings. The fourth-order valence-corrected chi connectivity index (χ4v) is 4.54. The number of halogens is 3. The molecule has 1 fully saturated rings. The zero-order valence-electron chi connectivity index (χ0n) is 13.6. The van der Waals surface area contributed by atoms with Crippen molar-refractivity contribution >= 4 is 10.0 Å². The highest BCUT2D eigenvalue weighted by atomic mass is 32.2. The average molecular weight is 386 g/mol. The molecule has 2 N–H and O–H groups in total. The van der Waals surface area contributed by atoms with Gasteiger partial charge in [-0.3, -0.25) is 0 Å². The topological polar surface area (TPSA) is 72.6 Å². The minimum Gasteiger partial charge on any atom is -0.432 e. The lowest BCUT2D eigenvalue weighted by atomic mass is 9.95. The number of nitrogens with two attached hydrogens (primary N) is 1. The van der Waals surface area contributed by atoms with Crippen molar-refractivity contribution in [2.75, 3.05) is 13.1 Å². The second-order valence-electron chi connectivity index (χ2n) is 5.97. The summed E-state index contributed by atoms with van der Waals surface area (Å²) in [6.45, 7) is -2.96. The molecular formula is C17H17F3N2O3S. The maximum atomic E-state index is 13.9. The quantitative estimate of drug-likeness (QED) is 0.857. The predicted octanol–water partition coefficient (Wildman–Crippen LogP) is 2.54. The molecule has 2 aromatic carbocycles. The molecule has 2 atom stereocenters. The van der Waals surface area contributed by atoms with Gasteiger partial charge in [-0.1, -0.05) is 30.3 Å². The molecule has 0 unspecified atom stereocenters. The Labute approximate surface area is 149 Å². The molecule has 1 heterocycles. The molecule has 3 rings (SSSR count). The number of hydrogen-bond donors (Lipinski definition) is 1. The van der Waals surface area contributed by atoms with Gasteiger partial charge >= 0.3 is 6.61 Å². The highest BCUT2D eigenvalue weighted by molar-refractivity contribution is 7.89. The van der Waals surface area contributed by atoms with E-state index in [0.29, 0.717) is 6.07 Å². The van der Waals surface area contributed by atoms with Crippen molar-refractivity contribution in [1.29, 1.82) is 0 Å². The van der Waals surface area contributed by atoms with Crippen molar-refractivity contribution in [3.63, 3.8) is 0 Å². The van der Waals surface area contributed by atoms with E-state index in [4.69, 9.17) is 5.73 Å². The van der Waals surface area contributed by atoms with Crippen LogP contribution in [0.15, 0.2) is 53.4 Å². The molecular weight excluding hydrogens is 369 g/mol. The third-order valence-electron chi connectivity index (χ3n) is 4.32. The zero-order chi connectivity index (χ0) is 18.9. The lowest BCUT2D eigenvalue weighted by Gasteiger charge is -2.17. The lowest BCUT2D eigenvalue weighted by molar-refractivity contribution is -0.0522. The van der Waals surface area contributed by atoms with E-state index < -0.39 is 34.2 Å². The van der Waals surface area contributed by atoms with Crippen molar-refractivity contribution in [1.82, 2.24) is 4.31 Å². The fourth-order valence-electron chi connectivity index (χ4n) is 3.02. The summed E-state index contributed by atoms with van der Waals surface area (Å²) in [5, 5.41) is 0. The Kier molecular flexibility index (Phi) is 5.22. The highest BCUT2D eigenvalue weighted by Gasteiger charge is 2.38. The van der Waals surface area contributed by atoms with Crippen molar-refractivity contribution in [3.05, 3.63) is 59.9 Å². The lowest BCUT2D eigenvalue weighted by Crippen LogP contribution is -2.32. The molecule has 0 spiro atoms. The third kappa shape index (κ3) is 3.69. The van der Waals surface area contributed by atoms with Crippen molar-refractivity contribution in [2.45, 2.75) is 23.5 Å². The van der Waals surface area contributed by atoms with Crippen LogP contribution < -0.4 is 10.5 Å². The Morgan fingerprint density at radius 2 is 1.81 bits per heavy atom. The Morgan fingerprint density at radius 1 is 1.12 bits per heavy atom. The maximum absolute atomic E-state index is 13.9. The second-order valence-corrected chi connectivity index (χ2v) is 7.91. The number of benzene rings is 2. The van der Waals surface area contributed by atoms with E-state index in [0.717, 1.165) is 17.7 Å². The third-order valence-corrected chi connectivity index (χ3v) is 6.14. The van der Waals surface area contributed by atoms with Crippen LogP contribution in [-0.2, 0) is 10.0 Å². The summed E-state index contributed by atoms with van der Waals surface area (Å²) in [5.41, 5.74) is 7.02. The highest BCUT2D eigenvalue weighted by Crippen LogP contribution is 2.31. The van der Waals surface area contributed by atoms with Crippen LogP contribution in [-0.4, -0.2) is 38.5 Å². The maximum Gasteiger partial charge on any atom is 0.387 e. The van der Waals surface area contributed by atoms with Gasteiger partial charge < -0.3 is 10.5 Å². The van der Waals surface area contributed by atoms with Crippen LogP contribution in [0.3, 0.4) is 0 Å². The molecule has 1 saturated heterocycles. The van der Waals surface area contributed by atoms with E-state index in [1.807, 2.05) is 30.3 Å². The van der Waals surface area contributed by atoms with Gasteiger partial charge in [-0.2, -0.15) is 13.1 Å². The zero-order valence-corrected chi connectivity index (χ0v) is 14.4. The molecule has 1 aliphatic heterocycles. The number of ether oxygens (including phenoxy) is 1. The first-order chi connectivity index (χ1) is 12.3. The summed E-state index contributed by atoms with van der Waals surface area (Å²) in [5.74, 6) is -2.06. The Hall–Kier alpha value is -2.10. The Morgan fingerprint density at radius 3 is 2.42 bits per heavy atom. The Balaban J connectivity index is 1.84. The summed E-state index contributed by atoms with van der Waals surface area (Å²) in [7, 11) is -4.01. The van der Waals surface area contributed by atoms with Crippen LogP contribution in [0, 0.1) is 5.82 Å². The van der Waals surface area contributed by atoms with Crippen LogP contribution in [0.4, 0.5) is 13.2 Å². The normalized spacial score (nSPS) is 21.3. The summed E-state index contributed by atoms with van der Waals surface area (Å²) < 4.78 is 69.0. The van der Waals surface area contributed by atoms with Gasteiger partial charge in [-0.25, -0.2) is 12.8 Å². The first kappa shape index (κ1) is 18.7. The Bertz CT molecular complexity index is 878. The van der Waals surface area contributed by atoms with Crippen molar-refractivity contribution < 1.29 is 26.3 Å². The van der Waals surface area contributed by atoms with Gasteiger partial charge in [0.25, 0.3) is 0 Å². The van der Waals surface area contributed by atoms with Gasteiger partial charge in [0.2, 0.25) is 10.0 Å². The van der Waals surface area contributed by atoms with Crippen LogP contribution >= 0.6 is 0 Å². The first-order valence-corrected chi connectivity index (χ1v) is 9.28. The first-order valence-electron chi connectivity index (χ1n) is 7.84.